The van der Waals surface area contributed by atoms with Gasteiger partial charge in [0.25, 0.3) is 0 Å². The van der Waals surface area contributed by atoms with Crippen LogP contribution in [0.2, 0.25) is 0 Å². The first-order valence-electron chi connectivity index (χ1n) is 4.56. The minimum Gasteiger partial charge on any atom is -0.411 e. The molecule has 0 saturated carbocycles. The van der Waals surface area contributed by atoms with E-state index in [1.807, 2.05) is 19.9 Å². The molecule has 1 N–H and O–H groups in total. The van der Waals surface area contributed by atoms with Crippen molar-refractivity contribution in [2.24, 2.45) is 11.1 Å². The van der Waals surface area contributed by atoms with Crippen LogP contribution in [-0.2, 0) is 6.67 Å². The third-order valence-electron chi connectivity index (χ3n) is 2.03. The topological polar surface area (TPSA) is 32.6 Å². The van der Waals surface area contributed by atoms with Crippen LogP contribution in [0.4, 0.5) is 4.39 Å². The molecule has 0 fully saturated rings. The van der Waals surface area contributed by atoms with Crippen LogP contribution in [0.25, 0.3) is 0 Å². The highest BCUT2D eigenvalue weighted by Gasteiger charge is 2.09. The van der Waals surface area contributed by atoms with E-state index in [1.165, 1.54) is 0 Å². The highest BCUT2D eigenvalue weighted by molar-refractivity contribution is 6.01. The first kappa shape index (κ1) is 10.7. The highest BCUT2D eigenvalue weighted by Crippen LogP contribution is 2.12. The zero-order valence-electron chi connectivity index (χ0n) is 8.37. The number of rotatable bonds is 3. The number of halogens is 1. The van der Waals surface area contributed by atoms with Crippen LogP contribution in [0.3, 0.4) is 0 Å². The molecule has 0 spiro atoms. The maximum Gasteiger partial charge on any atom is 0.115 e. The third kappa shape index (κ3) is 2.31. The van der Waals surface area contributed by atoms with E-state index in [4.69, 9.17) is 5.21 Å². The normalized spacial score (nSPS) is 12.1. The fraction of sp³-hybridized carbons (Fsp3) is 0.364. The summed E-state index contributed by atoms with van der Waals surface area (Å²) in [6.07, 6.45) is 0. The zero-order valence-corrected chi connectivity index (χ0v) is 8.37. The smallest absolute Gasteiger partial charge is 0.115 e. The molecule has 1 aromatic rings. The molecular formula is C11H14FNO. The van der Waals surface area contributed by atoms with Gasteiger partial charge < -0.3 is 5.21 Å². The summed E-state index contributed by atoms with van der Waals surface area (Å²) < 4.78 is 12.4. The van der Waals surface area contributed by atoms with Crippen LogP contribution in [0.15, 0.2) is 29.4 Å². The van der Waals surface area contributed by atoms with Gasteiger partial charge >= 0.3 is 0 Å². The van der Waals surface area contributed by atoms with Crippen LogP contribution < -0.4 is 0 Å². The fourth-order valence-corrected chi connectivity index (χ4v) is 1.32. The first-order valence-corrected chi connectivity index (χ1v) is 4.56. The van der Waals surface area contributed by atoms with Gasteiger partial charge in [-0.3, -0.25) is 0 Å². The molecule has 0 aliphatic heterocycles. The van der Waals surface area contributed by atoms with Crippen molar-refractivity contribution >= 4 is 5.71 Å². The Balaban J connectivity index is 3.05. The van der Waals surface area contributed by atoms with Crippen molar-refractivity contribution in [1.82, 2.24) is 0 Å². The van der Waals surface area contributed by atoms with Gasteiger partial charge in [-0.15, -0.1) is 0 Å². The van der Waals surface area contributed by atoms with E-state index in [-0.39, 0.29) is 5.92 Å². The van der Waals surface area contributed by atoms with Crippen molar-refractivity contribution in [1.29, 1.82) is 0 Å². The molecule has 0 saturated heterocycles. The molecule has 0 aliphatic rings. The van der Waals surface area contributed by atoms with Crippen molar-refractivity contribution in [3.63, 3.8) is 0 Å². The van der Waals surface area contributed by atoms with Crippen molar-refractivity contribution in [2.45, 2.75) is 20.5 Å². The van der Waals surface area contributed by atoms with Crippen molar-refractivity contribution in [3.05, 3.63) is 35.4 Å². The molecule has 1 rings (SSSR count). The van der Waals surface area contributed by atoms with Crippen molar-refractivity contribution in [3.8, 4) is 0 Å². The minimum absolute atomic E-state index is 0.120. The van der Waals surface area contributed by atoms with E-state index in [2.05, 4.69) is 5.16 Å². The van der Waals surface area contributed by atoms with E-state index in [0.29, 0.717) is 11.3 Å². The summed E-state index contributed by atoms with van der Waals surface area (Å²) in [5, 5.41) is 12.0. The lowest BCUT2D eigenvalue weighted by Crippen LogP contribution is -2.09. The number of hydrogen-bond donors (Lipinski definition) is 1. The van der Waals surface area contributed by atoms with Crippen molar-refractivity contribution < 1.29 is 9.60 Å². The predicted octanol–water partition coefficient (Wildman–Crippen LogP) is 2.99. The Bertz CT molecular complexity index is 334. The average molecular weight is 195 g/mol. The molecule has 0 atom stereocenters. The summed E-state index contributed by atoms with van der Waals surface area (Å²) in [5.41, 5.74) is 1.96. The summed E-state index contributed by atoms with van der Waals surface area (Å²) in [7, 11) is 0. The molecule has 0 aliphatic carbocycles. The lowest BCUT2D eigenvalue weighted by molar-refractivity contribution is 0.316. The number of hydrogen-bond acceptors (Lipinski definition) is 2. The lowest BCUT2D eigenvalue weighted by Gasteiger charge is -2.08. The first-order chi connectivity index (χ1) is 6.69. The van der Waals surface area contributed by atoms with Crippen LogP contribution in [0.1, 0.15) is 25.0 Å². The number of oxime groups is 1. The monoisotopic (exact) mass is 195 g/mol. The Labute approximate surface area is 83.1 Å². The molecule has 0 bridgehead atoms. The van der Waals surface area contributed by atoms with Crippen LogP contribution >= 0.6 is 0 Å². The van der Waals surface area contributed by atoms with Crippen molar-refractivity contribution in [2.75, 3.05) is 0 Å². The molecule has 1 aromatic carbocycles. The Kier molecular flexibility index (Phi) is 3.63. The number of benzene rings is 1. The van der Waals surface area contributed by atoms with Gasteiger partial charge in [0.05, 0.1) is 5.71 Å². The molecule has 2 nitrogen and oxygen atoms in total. The molecule has 3 heteroatoms. The molecule has 0 amide bonds. The van der Waals surface area contributed by atoms with Gasteiger partial charge in [0.2, 0.25) is 0 Å². The third-order valence-corrected chi connectivity index (χ3v) is 2.03. The Hall–Kier alpha value is -1.38. The van der Waals surface area contributed by atoms with Gasteiger partial charge in [0.1, 0.15) is 6.67 Å². The van der Waals surface area contributed by atoms with E-state index < -0.39 is 6.67 Å². The molecule has 0 radical (unpaired) electrons. The van der Waals surface area contributed by atoms with Gasteiger partial charge in [0.15, 0.2) is 0 Å². The summed E-state index contributed by atoms with van der Waals surface area (Å²) in [5.74, 6) is 0.120. The van der Waals surface area contributed by atoms with E-state index in [0.717, 1.165) is 5.56 Å². The van der Waals surface area contributed by atoms with Crippen LogP contribution in [-0.4, -0.2) is 10.9 Å². The molecule has 0 unspecified atom stereocenters. The molecule has 14 heavy (non-hydrogen) atoms. The Morgan fingerprint density at radius 2 is 2.21 bits per heavy atom. The number of nitrogens with zero attached hydrogens (tertiary/aromatic N) is 1. The van der Waals surface area contributed by atoms with E-state index >= 15 is 0 Å². The molecular weight excluding hydrogens is 181 g/mol. The number of alkyl halides is 1. The highest BCUT2D eigenvalue weighted by atomic mass is 19.1. The quantitative estimate of drug-likeness (QED) is 0.449. The predicted molar refractivity (Wildman–Crippen MR) is 54.4 cm³/mol. The van der Waals surface area contributed by atoms with E-state index in [1.54, 1.807) is 18.2 Å². The van der Waals surface area contributed by atoms with Gasteiger partial charge in [-0.2, -0.15) is 0 Å². The van der Waals surface area contributed by atoms with Gasteiger partial charge in [-0.25, -0.2) is 4.39 Å². The van der Waals surface area contributed by atoms with E-state index in [9.17, 15) is 4.39 Å². The summed E-state index contributed by atoms with van der Waals surface area (Å²) >= 11 is 0. The maximum atomic E-state index is 12.4. The molecule has 0 aromatic heterocycles. The Morgan fingerprint density at radius 3 is 2.71 bits per heavy atom. The minimum atomic E-state index is -0.495. The largest absolute Gasteiger partial charge is 0.411 e. The SMILES string of the molecule is CC(C)C(=NO)c1cccc(CF)c1. The average Bonchev–Trinajstić information content (AvgIpc) is 2.19. The van der Waals surface area contributed by atoms with Crippen LogP contribution in [0, 0.1) is 5.92 Å². The lowest BCUT2D eigenvalue weighted by atomic mass is 9.99. The van der Waals surface area contributed by atoms with Gasteiger partial charge in [-0.05, 0) is 23.1 Å². The second-order valence-corrected chi connectivity index (χ2v) is 3.47. The second-order valence-electron chi connectivity index (χ2n) is 3.47. The zero-order chi connectivity index (χ0) is 10.6. The Morgan fingerprint density at radius 1 is 1.50 bits per heavy atom. The summed E-state index contributed by atoms with van der Waals surface area (Å²) in [6.45, 7) is 3.36. The summed E-state index contributed by atoms with van der Waals surface area (Å²) in [6, 6.07) is 6.99. The standard InChI is InChI=1S/C11H14FNO/c1-8(2)11(13-14)10-5-3-4-9(6-10)7-12/h3-6,8,14H,7H2,1-2H3. The molecule has 0 heterocycles. The molecule has 76 valence electrons. The fourth-order valence-electron chi connectivity index (χ4n) is 1.32. The van der Waals surface area contributed by atoms with Crippen LogP contribution in [0.5, 0.6) is 0 Å². The van der Waals surface area contributed by atoms with Gasteiger partial charge in [-0.1, -0.05) is 37.2 Å². The second kappa shape index (κ2) is 4.74. The summed E-state index contributed by atoms with van der Waals surface area (Å²) in [4.78, 5) is 0. The maximum absolute atomic E-state index is 12.4. The van der Waals surface area contributed by atoms with Gasteiger partial charge in [0, 0.05) is 0 Å².